The van der Waals surface area contributed by atoms with Crippen molar-refractivity contribution >= 4 is 11.9 Å². The number of hydrogen-bond donors (Lipinski definition) is 1. The number of esters is 1. The highest BCUT2D eigenvalue weighted by molar-refractivity contribution is 5.69. The van der Waals surface area contributed by atoms with E-state index in [1.165, 1.54) is 57.8 Å². The second kappa shape index (κ2) is 17.3. The molecule has 0 amide bonds. The van der Waals surface area contributed by atoms with E-state index in [-0.39, 0.29) is 5.97 Å². The maximum Gasteiger partial charge on any atom is 0.305 e. The molecule has 4 nitrogen and oxygen atoms in total. The fourth-order valence-corrected chi connectivity index (χ4v) is 2.72. The normalized spacial score (nSPS) is 10.7. The molecular formula is C19H36O4. The first-order valence-electron chi connectivity index (χ1n) is 9.54. The first kappa shape index (κ1) is 21.9. The topological polar surface area (TPSA) is 63.6 Å². The van der Waals surface area contributed by atoms with Gasteiger partial charge in [0.1, 0.15) is 0 Å². The number of carbonyl (C=O) groups excluding carboxylic acids is 1. The number of rotatable bonds is 17. The van der Waals surface area contributed by atoms with E-state index >= 15 is 0 Å². The number of hydrogen-bond acceptors (Lipinski definition) is 3. The summed E-state index contributed by atoms with van der Waals surface area (Å²) in [5, 5.41) is 8.53. The van der Waals surface area contributed by atoms with Gasteiger partial charge in [0.05, 0.1) is 6.61 Å². The van der Waals surface area contributed by atoms with Crippen LogP contribution in [0.1, 0.15) is 103 Å². The molecule has 0 aliphatic rings. The molecule has 0 heterocycles. The average Bonchev–Trinajstić information content (AvgIpc) is 2.51. The van der Waals surface area contributed by atoms with Crippen LogP contribution in [0, 0.1) is 0 Å². The highest BCUT2D eigenvalue weighted by atomic mass is 16.5. The molecule has 136 valence electrons. The Kier molecular flexibility index (Phi) is 16.5. The molecule has 0 rings (SSSR count). The Labute approximate surface area is 142 Å². The number of unbranched alkanes of at least 4 members (excludes halogenated alkanes) is 12. The molecule has 0 unspecified atom stereocenters. The van der Waals surface area contributed by atoms with Gasteiger partial charge in [-0.25, -0.2) is 0 Å². The molecule has 4 heteroatoms. The summed E-state index contributed by atoms with van der Waals surface area (Å²) in [6.45, 7) is 2.33. The minimum Gasteiger partial charge on any atom is -0.481 e. The van der Waals surface area contributed by atoms with Crippen molar-refractivity contribution < 1.29 is 19.4 Å². The van der Waals surface area contributed by atoms with E-state index < -0.39 is 5.97 Å². The van der Waals surface area contributed by atoms with Gasteiger partial charge < -0.3 is 9.84 Å². The molecule has 0 aromatic heterocycles. The number of carboxylic acid groups (broad SMARTS) is 1. The van der Waals surface area contributed by atoms with Crippen molar-refractivity contribution in [3.05, 3.63) is 0 Å². The van der Waals surface area contributed by atoms with Crippen molar-refractivity contribution in [3.63, 3.8) is 0 Å². The minimum atomic E-state index is -0.675. The van der Waals surface area contributed by atoms with Crippen LogP contribution < -0.4 is 0 Å². The van der Waals surface area contributed by atoms with Gasteiger partial charge in [0, 0.05) is 12.8 Å². The van der Waals surface area contributed by atoms with Crippen molar-refractivity contribution in [1.82, 2.24) is 0 Å². The van der Waals surface area contributed by atoms with Crippen LogP contribution in [0.25, 0.3) is 0 Å². The smallest absolute Gasteiger partial charge is 0.305 e. The van der Waals surface area contributed by atoms with Crippen molar-refractivity contribution in [2.75, 3.05) is 6.61 Å². The summed E-state index contributed by atoms with van der Waals surface area (Å²) < 4.78 is 4.90. The van der Waals surface area contributed by atoms with E-state index in [9.17, 15) is 9.59 Å². The summed E-state index contributed by atoms with van der Waals surface area (Å²) >= 11 is 0. The highest BCUT2D eigenvalue weighted by Crippen LogP contribution is 2.13. The fourth-order valence-electron chi connectivity index (χ4n) is 2.72. The minimum absolute atomic E-state index is 0.0598. The Morgan fingerprint density at radius 1 is 0.652 bits per heavy atom. The third-order valence-corrected chi connectivity index (χ3v) is 4.08. The molecule has 0 aromatic rings. The summed E-state index contributed by atoms with van der Waals surface area (Å²) in [4.78, 5) is 21.5. The second-order valence-corrected chi connectivity index (χ2v) is 6.29. The molecule has 0 aliphatic carbocycles. The molecule has 0 saturated heterocycles. The third kappa shape index (κ3) is 18.9. The zero-order chi connectivity index (χ0) is 17.2. The molecule has 0 aliphatic heterocycles. The van der Waals surface area contributed by atoms with Crippen LogP contribution in [-0.4, -0.2) is 23.7 Å². The van der Waals surface area contributed by atoms with Gasteiger partial charge in [-0.15, -0.1) is 0 Å². The number of aliphatic carboxylic acids is 1. The largest absolute Gasteiger partial charge is 0.481 e. The second-order valence-electron chi connectivity index (χ2n) is 6.29. The van der Waals surface area contributed by atoms with Gasteiger partial charge in [-0.2, -0.15) is 0 Å². The molecule has 0 fully saturated rings. The quantitative estimate of drug-likeness (QED) is 0.283. The molecule has 0 radical (unpaired) electrons. The monoisotopic (exact) mass is 328 g/mol. The van der Waals surface area contributed by atoms with Crippen LogP contribution in [0.5, 0.6) is 0 Å². The predicted octanol–water partition coefficient (Wildman–Crippen LogP) is 5.49. The lowest BCUT2D eigenvalue weighted by Gasteiger charge is -2.03. The van der Waals surface area contributed by atoms with Crippen molar-refractivity contribution in [1.29, 1.82) is 0 Å². The van der Waals surface area contributed by atoms with Gasteiger partial charge in [0.2, 0.25) is 0 Å². The highest BCUT2D eigenvalue weighted by Gasteiger charge is 2.00. The van der Waals surface area contributed by atoms with Crippen LogP contribution >= 0.6 is 0 Å². The van der Waals surface area contributed by atoms with E-state index in [0.717, 1.165) is 25.7 Å². The van der Waals surface area contributed by atoms with Crippen LogP contribution in [0.4, 0.5) is 0 Å². The van der Waals surface area contributed by atoms with Gasteiger partial charge in [-0.05, 0) is 19.8 Å². The van der Waals surface area contributed by atoms with E-state index in [4.69, 9.17) is 9.84 Å². The Morgan fingerprint density at radius 3 is 1.35 bits per heavy atom. The van der Waals surface area contributed by atoms with Gasteiger partial charge in [0.25, 0.3) is 0 Å². The molecule has 0 aromatic carbocycles. The lowest BCUT2D eigenvalue weighted by atomic mass is 10.0. The molecule has 0 atom stereocenters. The predicted molar refractivity (Wildman–Crippen MR) is 93.5 cm³/mol. The van der Waals surface area contributed by atoms with Gasteiger partial charge >= 0.3 is 11.9 Å². The van der Waals surface area contributed by atoms with Gasteiger partial charge in [-0.1, -0.05) is 70.6 Å². The molecule has 23 heavy (non-hydrogen) atoms. The Bertz CT molecular complexity index is 289. The van der Waals surface area contributed by atoms with E-state index in [2.05, 4.69) is 0 Å². The maximum absolute atomic E-state index is 11.1. The van der Waals surface area contributed by atoms with Crippen LogP contribution in [0.3, 0.4) is 0 Å². The van der Waals surface area contributed by atoms with E-state index in [1.807, 2.05) is 6.92 Å². The zero-order valence-electron chi connectivity index (χ0n) is 15.0. The number of ether oxygens (including phenoxy) is 1. The van der Waals surface area contributed by atoms with E-state index in [1.54, 1.807) is 0 Å². The fraction of sp³-hybridized carbons (Fsp3) is 0.895. The molecular weight excluding hydrogens is 292 g/mol. The molecule has 1 N–H and O–H groups in total. The summed E-state index contributed by atoms with van der Waals surface area (Å²) in [7, 11) is 0. The Balaban J connectivity index is 3.05. The van der Waals surface area contributed by atoms with Gasteiger partial charge in [0.15, 0.2) is 0 Å². The van der Waals surface area contributed by atoms with Crippen LogP contribution in [0.2, 0.25) is 0 Å². The Hall–Kier alpha value is -1.06. The van der Waals surface area contributed by atoms with Crippen molar-refractivity contribution in [2.45, 2.75) is 103 Å². The molecule has 0 bridgehead atoms. The molecule has 0 saturated carbocycles. The lowest BCUT2D eigenvalue weighted by molar-refractivity contribution is -0.143. The van der Waals surface area contributed by atoms with Crippen LogP contribution in [0.15, 0.2) is 0 Å². The zero-order valence-corrected chi connectivity index (χ0v) is 15.0. The van der Waals surface area contributed by atoms with Crippen LogP contribution in [-0.2, 0) is 14.3 Å². The van der Waals surface area contributed by atoms with E-state index in [0.29, 0.717) is 19.4 Å². The first-order chi connectivity index (χ1) is 11.2. The van der Waals surface area contributed by atoms with Crippen molar-refractivity contribution in [3.8, 4) is 0 Å². The average molecular weight is 328 g/mol. The summed E-state index contributed by atoms with van der Waals surface area (Å²) in [6, 6.07) is 0. The van der Waals surface area contributed by atoms with Crippen molar-refractivity contribution in [2.24, 2.45) is 0 Å². The number of carboxylic acids is 1. The maximum atomic E-state index is 11.1. The SMILES string of the molecule is CCOC(=O)CCCCCCCCCCCCCCCC(=O)O. The Morgan fingerprint density at radius 2 is 1.00 bits per heavy atom. The first-order valence-corrected chi connectivity index (χ1v) is 9.54. The summed E-state index contributed by atoms with van der Waals surface area (Å²) in [5.74, 6) is -0.735. The summed E-state index contributed by atoms with van der Waals surface area (Å²) in [6.07, 6.45) is 16.3. The summed E-state index contributed by atoms with van der Waals surface area (Å²) in [5.41, 5.74) is 0. The molecule has 0 spiro atoms. The lowest BCUT2D eigenvalue weighted by Crippen LogP contribution is -2.03. The number of carbonyl (C=O) groups is 2. The standard InChI is InChI=1S/C19H36O4/c1-2-23-19(22)17-15-13-11-9-7-5-3-4-6-8-10-12-14-16-18(20)21/h2-17H2,1H3,(H,20,21). The van der Waals surface area contributed by atoms with Gasteiger partial charge in [-0.3, -0.25) is 9.59 Å². The third-order valence-electron chi connectivity index (χ3n) is 4.08.